The van der Waals surface area contributed by atoms with Gasteiger partial charge < -0.3 is 14.7 Å². The van der Waals surface area contributed by atoms with E-state index in [-0.39, 0.29) is 23.2 Å². The number of benzene rings is 1. The highest BCUT2D eigenvalue weighted by atomic mass is 32.2. The Morgan fingerprint density at radius 3 is 2.59 bits per heavy atom. The number of Topliss-reactive ketones (excluding diaryl/α,β-unsaturated/α-hetero) is 1. The van der Waals surface area contributed by atoms with Gasteiger partial charge in [-0.25, -0.2) is 8.42 Å². The van der Waals surface area contributed by atoms with Gasteiger partial charge in [0.25, 0.3) is 0 Å². The van der Waals surface area contributed by atoms with Crippen LogP contribution >= 0.6 is 0 Å². The topological polar surface area (TPSA) is 104 Å². The minimum absolute atomic E-state index is 0.0683. The Morgan fingerprint density at radius 2 is 1.93 bits per heavy atom. The van der Waals surface area contributed by atoms with Crippen molar-refractivity contribution >= 4 is 21.5 Å². The molecule has 0 unspecified atom stereocenters. The van der Waals surface area contributed by atoms with Crippen LogP contribution in [0.4, 0.5) is 0 Å². The highest BCUT2D eigenvalue weighted by Gasteiger charge is 2.31. The fourth-order valence-electron chi connectivity index (χ4n) is 3.36. The first-order chi connectivity index (χ1) is 12.8. The van der Waals surface area contributed by atoms with E-state index < -0.39 is 22.5 Å². The van der Waals surface area contributed by atoms with Crippen LogP contribution in [0.15, 0.2) is 18.2 Å². The van der Waals surface area contributed by atoms with Crippen molar-refractivity contribution in [1.82, 2.24) is 9.80 Å². The average molecular weight is 396 g/mol. The summed E-state index contributed by atoms with van der Waals surface area (Å²) in [4.78, 5) is 28.2. The van der Waals surface area contributed by atoms with E-state index in [9.17, 15) is 18.0 Å². The maximum Gasteiger partial charge on any atom is 0.240 e. The molecule has 1 aromatic carbocycles. The first kappa shape index (κ1) is 19.8. The largest absolute Gasteiger partial charge is 0.491 e. The molecule has 0 aromatic heterocycles. The number of aliphatic hydroxyl groups is 1. The van der Waals surface area contributed by atoms with E-state index >= 15 is 0 Å². The van der Waals surface area contributed by atoms with Gasteiger partial charge in [-0.15, -0.1) is 0 Å². The predicted molar refractivity (Wildman–Crippen MR) is 98.5 cm³/mol. The van der Waals surface area contributed by atoms with E-state index in [1.165, 1.54) is 0 Å². The third-order valence-electron chi connectivity index (χ3n) is 5.11. The standard InChI is InChI=1S/C18H24N2O6S/c1-13(19-5-8-27(24,25)9-6-19)18(23)20-4-7-26-17-10-14(16(22)12-21)2-3-15(17)11-20/h2-3,10,13,21H,4-9,11-12H2,1H3/t13-/m0/s1. The van der Waals surface area contributed by atoms with Crippen LogP contribution in [0, 0.1) is 0 Å². The number of rotatable bonds is 4. The first-order valence-corrected chi connectivity index (χ1v) is 10.8. The molecular formula is C18H24N2O6S. The van der Waals surface area contributed by atoms with Crippen molar-refractivity contribution < 1.29 is 27.9 Å². The zero-order valence-electron chi connectivity index (χ0n) is 15.3. The van der Waals surface area contributed by atoms with Crippen LogP contribution in [0.2, 0.25) is 0 Å². The Hall–Kier alpha value is -1.97. The molecule has 1 aromatic rings. The lowest BCUT2D eigenvalue weighted by Gasteiger charge is -2.34. The van der Waals surface area contributed by atoms with Crippen molar-refractivity contribution in [3.63, 3.8) is 0 Å². The summed E-state index contributed by atoms with van der Waals surface area (Å²) in [5.41, 5.74) is 1.17. The minimum atomic E-state index is -2.99. The number of hydrogen-bond donors (Lipinski definition) is 1. The summed E-state index contributed by atoms with van der Waals surface area (Å²) in [5.74, 6) is 0.256. The van der Waals surface area contributed by atoms with Gasteiger partial charge in [-0.05, 0) is 13.0 Å². The van der Waals surface area contributed by atoms with Gasteiger partial charge in [0.05, 0.1) is 24.1 Å². The smallest absolute Gasteiger partial charge is 0.240 e. The van der Waals surface area contributed by atoms with E-state index in [0.717, 1.165) is 5.56 Å². The highest BCUT2D eigenvalue weighted by molar-refractivity contribution is 7.91. The van der Waals surface area contributed by atoms with Crippen molar-refractivity contribution in [2.24, 2.45) is 0 Å². The number of aliphatic hydroxyl groups excluding tert-OH is 1. The lowest BCUT2D eigenvalue weighted by Crippen LogP contribution is -2.52. The van der Waals surface area contributed by atoms with E-state index in [1.807, 2.05) is 4.90 Å². The molecular weight excluding hydrogens is 372 g/mol. The summed E-state index contributed by atoms with van der Waals surface area (Å²) in [7, 11) is -2.99. The maximum absolute atomic E-state index is 12.9. The van der Waals surface area contributed by atoms with Gasteiger partial charge in [0.2, 0.25) is 5.91 Å². The highest BCUT2D eigenvalue weighted by Crippen LogP contribution is 2.25. The summed E-state index contributed by atoms with van der Waals surface area (Å²) >= 11 is 0. The van der Waals surface area contributed by atoms with Crippen molar-refractivity contribution in [3.05, 3.63) is 29.3 Å². The second-order valence-electron chi connectivity index (χ2n) is 6.88. The average Bonchev–Trinajstić information content (AvgIpc) is 2.88. The zero-order valence-corrected chi connectivity index (χ0v) is 16.1. The number of ether oxygens (including phenoxy) is 1. The number of nitrogens with zero attached hydrogens (tertiary/aromatic N) is 2. The van der Waals surface area contributed by atoms with E-state index in [2.05, 4.69) is 0 Å². The maximum atomic E-state index is 12.9. The first-order valence-electron chi connectivity index (χ1n) is 8.94. The van der Waals surface area contributed by atoms with E-state index in [0.29, 0.717) is 44.1 Å². The predicted octanol–water partition coefficient (Wildman–Crippen LogP) is -0.298. The lowest BCUT2D eigenvalue weighted by atomic mass is 10.1. The third-order valence-corrected chi connectivity index (χ3v) is 6.72. The second kappa shape index (κ2) is 7.95. The molecule has 0 bridgehead atoms. The molecule has 1 atom stereocenters. The lowest BCUT2D eigenvalue weighted by molar-refractivity contribution is -0.137. The molecule has 148 valence electrons. The summed E-state index contributed by atoms with van der Waals surface area (Å²) in [5, 5.41) is 8.99. The van der Waals surface area contributed by atoms with Crippen molar-refractivity contribution in [1.29, 1.82) is 0 Å². The Bertz CT molecular complexity index is 824. The summed E-state index contributed by atoms with van der Waals surface area (Å²) in [6, 6.07) is 4.55. The summed E-state index contributed by atoms with van der Waals surface area (Å²) < 4.78 is 28.9. The number of amides is 1. The molecule has 1 saturated heterocycles. The Morgan fingerprint density at radius 1 is 1.22 bits per heavy atom. The molecule has 1 amide bonds. The van der Waals surface area contributed by atoms with Crippen molar-refractivity contribution in [2.45, 2.75) is 19.5 Å². The van der Waals surface area contributed by atoms with Gasteiger partial charge in [-0.1, -0.05) is 12.1 Å². The molecule has 0 spiro atoms. The number of carbonyl (C=O) groups is 2. The number of fused-ring (bicyclic) bond motifs is 1. The van der Waals surface area contributed by atoms with Crippen LogP contribution in [0.1, 0.15) is 22.8 Å². The molecule has 2 heterocycles. The van der Waals surface area contributed by atoms with Crippen LogP contribution in [0.3, 0.4) is 0 Å². The van der Waals surface area contributed by atoms with Crippen LogP contribution in [0.5, 0.6) is 5.75 Å². The van der Waals surface area contributed by atoms with Gasteiger partial charge in [0, 0.05) is 30.8 Å². The monoisotopic (exact) mass is 396 g/mol. The van der Waals surface area contributed by atoms with Crippen LogP contribution in [-0.4, -0.2) is 85.4 Å². The van der Waals surface area contributed by atoms with Crippen molar-refractivity contribution in [3.8, 4) is 5.75 Å². The molecule has 3 rings (SSSR count). The van der Waals surface area contributed by atoms with Crippen LogP contribution in [-0.2, 0) is 21.2 Å². The quantitative estimate of drug-likeness (QED) is 0.697. The number of sulfone groups is 1. The van der Waals surface area contributed by atoms with Gasteiger partial charge in [0.1, 0.15) is 19.0 Å². The summed E-state index contributed by atoms with van der Waals surface area (Å²) in [6.45, 7) is 3.04. The molecule has 0 aliphatic carbocycles. The number of ketones is 1. The van der Waals surface area contributed by atoms with Gasteiger partial charge >= 0.3 is 0 Å². The normalized spacial score (nSPS) is 20.9. The molecule has 9 heteroatoms. The number of carbonyl (C=O) groups excluding carboxylic acids is 2. The van der Waals surface area contributed by atoms with Gasteiger partial charge in [-0.3, -0.25) is 14.5 Å². The second-order valence-corrected chi connectivity index (χ2v) is 9.18. The molecule has 2 aliphatic rings. The fraction of sp³-hybridized carbons (Fsp3) is 0.556. The SMILES string of the molecule is C[C@@H](C(=O)N1CCOc2cc(C(=O)CO)ccc2C1)N1CCS(=O)(=O)CC1. The molecule has 1 fully saturated rings. The van der Waals surface area contributed by atoms with Crippen LogP contribution in [0.25, 0.3) is 0 Å². The minimum Gasteiger partial charge on any atom is -0.491 e. The van der Waals surface area contributed by atoms with E-state index in [1.54, 1.807) is 30.0 Å². The molecule has 27 heavy (non-hydrogen) atoms. The Labute approximate surface area is 158 Å². The van der Waals surface area contributed by atoms with E-state index in [4.69, 9.17) is 9.84 Å². The molecule has 0 radical (unpaired) electrons. The fourth-order valence-corrected chi connectivity index (χ4v) is 4.59. The molecule has 2 aliphatic heterocycles. The van der Waals surface area contributed by atoms with Crippen molar-refractivity contribution in [2.75, 3.05) is 44.4 Å². The Kier molecular flexibility index (Phi) is 5.83. The number of hydrogen-bond acceptors (Lipinski definition) is 7. The Balaban J connectivity index is 1.70. The zero-order chi connectivity index (χ0) is 19.6. The van der Waals surface area contributed by atoms with Gasteiger partial charge in [0.15, 0.2) is 15.6 Å². The molecule has 1 N–H and O–H groups in total. The molecule has 0 saturated carbocycles. The third kappa shape index (κ3) is 4.48. The van der Waals surface area contributed by atoms with Crippen LogP contribution < -0.4 is 4.74 Å². The summed E-state index contributed by atoms with van der Waals surface area (Å²) in [6.07, 6.45) is 0. The molecule has 8 nitrogen and oxygen atoms in total. The van der Waals surface area contributed by atoms with Gasteiger partial charge in [-0.2, -0.15) is 0 Å².